The number of nitrogens with two attached hydrogens (primary N) is 2. The number of amides is 1. The van der Waals surface area contributed by atoms with Crippen LogP contribution in [0.2, 0.25) is 10.0 Å². The second kappa shape index (κ2) is 13.3. The molecule has 4 aromatic rings. The summed E-state index contributed by atoms with van der Waals surface area (Å²) in [5, 5.41) is 20.1. The standard InChI is InChI=1S/C29H26Cl2N6O5/c30-21-9-18(15-4-5-17-14-35-37-23(17)11-15)10-22(31)27(21)25(39)12-19(28(41)42)13-34-26(40)7-6-24(38)16-2-1-3-20(8-16)36-29(32)33/h1-5,8-11,14,19H,6-7,12-13H2,(H,34,40)(H,35,37)(H,41,42)(H4,32,33,36)/t19-/m0/s1. The first-order valence-electron chi connectivity index (χ1n) is 12.7. The Kier molecular flexibility index (Phi) is 9.56. The van der Waals surface area contributed by atoms with E-state index in [4.69, 9.17) is 34.7 Å². The molecule has 0 aliphatic heterocycles. The molecule has 0 spiro atoms. The number of hydrogen-bond acceptors (Lipinski definition) is 6. The Morgan fingerprint density at radius 3 is 2.38 bits per heavy atom. The van der Waals surface area contributed by atoms with Crippen LogP contribution in [-0.2, 0) is 9.59 Å². The van der Waals surface area contributed by atoms with Crippen molar-refractivity contribution in [1.82, 2.24) is 15.5 Å². The third-order valence-electron chi connectivity index (χ3n) is 6.43. The number of nitrogens with zero attached hydrogens (tertiary/aromatic N) is 2. The minimum Gasteiger partial charge on any atom is -0.481 e. The highest BCUT2D eigenvalue weighted by Gasteiger charge is 2.26. The van der Waals surface area contributed by atoms with Crippen LogP contribution in [0.5, 0.6) is 0 Å². The number of carbonyl (C=O) groups is 4. The molecule has 42 heavy (non-hydrogen) atoms. The van der Waals surface area contributed by atoms with Gasteiger partial charge < -0.3 is 21.9 Å². The minimum absolute atomic E-state index is 0.00386. The molecule has 1 atom stereocenters. The number of carboxylic acid groups (broad SMARTS) is 1. The number of benzene rings is 3. The molecule has 0 fully saturated rings. The largest absolute Gasteiger partial charge is 0.481 e. The number of ketones is 2. The van der Waals surface area contributed by atoms with Crippen molar-refractivity contribution < 1.29 is 24.3 Å². The van der Waals surface area contributed by atoms with Crippen LogP contribution in [0.1, 0.15) is 40.0 Å². The number of hydrogen-bond donors (Lipinski definition) is 5. The number of guanidine groups is 1. The van der Waals surface area contributed by atoms with Crippen LogP contribution in [-0.4, -0.2) is 51.3 Å². The number of carboxylic acids is 1. The molecule has 0 aliphatic carbocycles. The molecular formula is C29H26Cl2N6O5. The summed E-state index contributed by atoms with van der Waals surface area (Å²) in [5.74, 6) is -4.14. The molecule has 0 saturated heterocycles. The van der Waals surface area contributed by atoms with Gasteiger partial charge >= 0.3 is 5.97 Å². The number of H-pyrrole nitrogens is 1. The van der Waals surface area contributed by atoms with E-state index in [1.807, 2.05) is 18.2 Å². The van der Waals surface area contributed by atoms with Crippen molar-refractivity contribution in [1.29, 1.82) is 0 Å². The fourth-order valence-corrected chi connectivity index (χ4v) is 4.99. The summed E-state index contributed by atoms with van der Waals surface area (Å²) in [5.41, 5.74) is 13.7. The van der Waals surface area contributed by atoms with Gasteiger partial charge in [0.2, 0.25) is 5.91 Å². The van der Waals surface area contributed by atoms with Gasteiger partial charge in [-0.05, 0) is 41.5 Å². The molecular weight excluding hydrogens is 583 g/mol. The number of aromatic nitrogens is 2. The lowest BCUT2D eigenvalue weighted by molar-refractivity contribution is -0.141. The van der Waals surface area contributed by atoms with Gasteiger partial charge in [0.25, 0.3) is 0 Å². The second-order valence-corrected chi connectivity index (χ2v) is 10.3. The molecule has 216 valence electrons. The predicted octanol–water partition coefficient (Wildman–Crippen LogP) is 4.49. The van der Waals surface area contributed by atoms with Gasteiger partial charge in [0.1, 0.15) is 0 Å². The molecule has 13 heteroatoms. The Balaban J connectivity index is 1.36. The van der Waals surface area contributed by atoms with Crippen LogP contribution >= 0.6 is 23.2 Å². The smallest absolute Gasteiger partial charge is 0.308 e. The fourth-order valence-electron chi connectivity index (χ4n) is 4.29. The molecule has 3 aromatic carbocycles. The maximum atomic E-state index is 13.1. The van der Waals surface area contributed by atoms with E-state index in [1.165, 1.54) is 6.07 Å². The van der Waals surface area contributed by atoms with E-state index in [-0.39, 0.29) is 46.7 Å². The molecule has 4 rings (SSSR count). The lowest BCUT2D eigenvalue weighted by atomic mass is 9.95. The van der Waals surface area contributed by atoms with E-state index in [2.05, 4.69) is 20.5 Å². The van der Waals surface area contributed by atoms with Crippen LogP contribution in [0.15, 0.2) is 65.8 Å². The molecule has 0 aliphatic rings. The first kappa shape index (κ1) is 30.2. The van der Waals surface area contributed by atoms with E-state index >= 15 is 0 Å². The molecule has 11 nitrogen and oxygen atoms in total. The Hall–Kier alpha value is -4.74. The third-order valence-corrected chi connectivity index (χ3v) is 7.02. The zero-order valence-corrected chi connectivity index (χ0v) is 23.6. The zero-order chi connectivity index (χ0) is 30.4. The lowest BCUT2D eigenvalue weighted by Gasteiger charge is -2.15. The van der Waals surface area contributed by atoms with E-state index in [0.29, 0.717) is 16.8 Å². The molecule has 7 N–H and O–H groups in total. The van der Waals surface area contributed by atoms with Crippen LogP contribution in [0.3, 0.4) is 0 Å². The quantitative estimate of drug-likeness (QED) is 0.0880. The van der Waals surface area contributed by atoms with Gasteiger partial charge in [-0.3, -0.25) is 24.3 Å². The summed E-state index contributed by atoms with van der Waals surface area (Å²) in [7, 11) is 0. The summed E-state index contributed by atoms with van der Waals surface area (Å²) in [6.45, 7) is -0.328. The van der Waals surface area contributed by atoms with Gasteiger partial charge in [0.05, 0.1) is 38.9 Å². The highest BCUT2D eigenvalue weighted by Crippen LogP contribution is 2.34. The van der Waals surface area contributed by atoms with Crippen LogP contribution in [0.4, 0.5) is 5.69 Å². The third kappa shape index (κ3) is 7.50. The number of nitrogens with one attached hydrogen (secondary N) is 2. The first-order chi connectivity index (χ1) is 20.0. The SMILES string of the molecule is NC(N)=Nc1cccc(C(=O)CCC(=O)NC[C@H](CC(=O)c2c(Cl)cc(-c3ccc4cn[nH]c4c3)cc2Cl)C(=O)O)c1. The lowest BCUT2D eigenvalue weighted by Crippen LogP contribution is -2.34. The van der Waals surface area contributed by atoms with E-state index < -0.39 is 30.0 Å². The first-order valence-corrected chi connectivity index (χ1v) is 13.5. The summed E-state index contributed by atoms with van der Waals surface area (Å²) in [4.78, 5) is 53.7. The van der Waals surface area contributed by atoms with Crippen molar-refractivity contribution in [3.8, 4) is 11.1 Å². The summed E-state index contributed by atoms with van der Waals surface area (Å²) in [6.07, 6.45) is 0.928. The summed E-state index contributed by atoms with van der Waals surface area (Å²) < 4.78 is 0. The number of fused-ring (bicyclic) bond motifs is 1. The van der Waals surface area contributed by atoms with Crippen molar-refractivity contribution in [2.45, 2.75) is 19.3 Å². The monoisotopic (exact) mass is 608 g/mol. The maximum absolute atomic E-state index is 13.1. The number of halogens is 2. The molecule has 1 aromatic heterocycles. The topological polar surface area (TPSA) is 194 Å². The van der Waals surface area contributed by atoms with E-state index in [1.54, 1.807) is 36.5 Å². The van der Waals surface area contributed by atoms with Crippen LogP contribution in [0, 0.1) is 5.92 Å². The van der Waals surface area contributed by atoms with Crippen LogP contribution < -0.4 is 16.8 Å². The molecule has 1 heterocycles. The number of aliphatic imine (C=N–C) groups is 1. The second-order valence-electron chi connectivity index (χ2n) is 9.46. The van der Waals surface area contributed by atoms with Crippen molar-refractivity contribution in [3.63, 3.8) is 0 Å². The number of Topliss-reactive ketones (excluding diaryl/α,β-unsaturated/α-hetero) is 2. The van der Waals surface area contributed by atoms with Crippen molar-refractivity contribution in [2.75, 3.05) is 6.54 Å². The van der Waals surface area contributed by atoms with Gasteiger partial charge in [-0.2, -0.15) is 5.10 Å². The fraction of sp³-hybridized carbons (Fsp3) is 0.172. The number of rotatable bonds is 12. The maximum Gasteiger partial charge on any atom is 0.308 e. The molecule has 0 bridgehead atoms. The van der Waals surface area contributed by atoms with E-state index in [0.717, 1.165) is 16.5 Å². The molecule has 0 radical (unpaired) electrons. The summed E-state index contributed by atoms with van der Waals surface area (Å²) >= 11 is 12.9. The number of aromatic amines is 1. The van der Waals surface area contributed by atoms with Gasteiger partial charge in [0, 0.05) is 36.8 Å². The normalized spacial score (nSPS) is 11.6. The van der Waals surface area contributed by atoms with E-state index in [9.17, 15) is 24.3 Å². The highest BCUT2D eigenvalue weighted by atomic mass is 35.5. The van der Waals surface area contributed by atoms with Gasteiger partial charge in [-0.1, -0.05) is 47.5 Å². The average molecular weight is 609 g/mol. The summed E-state index contributed by atoms with van der Waals surface area (Å²) in [6, 6.07) is 15.1. The molecule has 1 amide bonds. The number of carbonyl (C=O) groups excluding carboxylic acids is 3. The Morgan fingerprint density at radius 2 is 1.69 bits per heavy atom. The van der Waals surface area contributed by atoms with Gasteiger partial charge in [-0.15, -0.1) is 0 Å². The van der Waals surface area contributed by atoms with Crippen molar-refractivity contribution >= 4 is 69.2 Å². The van der Waals surface area contributed by atoms with Crippen LogP contribution in [0.25, 0.3) is 22.0 Å². The van der Waals surface area contributed by atoms with Crippen molar-refractivity contribution in [2.24, 2.45) is 22.4 Å². The molecule has 0 saturated carbocycles. The highest BCUT2D eigenvalue weighted by molar-refractivity contribution is 6.40. The Morgan fingerprint density at radius 1 is 0.952 bits per heavy atom. The van der Waals surface area contributed by atoms with Gasteiger partial charge in [-0.25, -0.2) is 4.99 Å². The Labute approximate surface area is 249 Å². The van der Waals surface area contributed by atoms with Crippen molar-refractivity contribution in [3.05, 3.63) is 82.0 Å². The average Bonchev–Trinajstić information content (AvgIpc) is 3.41. The minimum atomic E-state index is -1.28. The predicted molar refractivity (Wildman–Crippen MR) is 160 cm³/mol. The Bertz CT molecular complexity index is 1690. The molecule has 0 unspecified atom stereocenters. The zero-order valence-electron chi connectivity index (χ0n) is 22.1. The van der Waals surface area contributed by atoms with Gasteiger partial charge in [0.15, 0.2) is 17.5 Å². The number of aliphatic carboxylic acids is 1.